The smallest absolute Gasteiger partial charge is 0 e. The summed E-state index contributed by atoms with van der Waals surface area (Å²) in [4.78, 5) is 9.20. The molecule has 0 saturated heterocycles. The minimum Gasteiger partial charge on any atom is 0 e. The second kappa shape index (κ2) is 15.4. The number of nitrogens with zero attached hydrogens (tertiary/aromatic N) is 2. The van der Waals surface area contributed by atoms with Gasteiger partial charge >= 0.3 is 99.8 Å². The molecule has 2 nitrogen and oxygen atoms in total. The van der Waals surface area contributed by atoms with Crippen LogP contribution in [0, 0.1) is 12.1 Å². The standard InChI is InChI=1S/C29H26NS.C14H16GeN.Ir/c1-18(2)21-10-11-25-27(17-21)31-29-24(26-16-22(19(3)4)14-15-30-26)13-12-23(28(25)29)20-8-6-5-7-9-20;1-15(2,3)13-9-10-14(16-11-13)12-7-5-4-6-8-12;/h5-12,14-19H,1-4H3;4-7,9-11H,1-3H3;/q2*-1;/i18D,19D;;. The van der Waals surface area contributed by atoms with Crippen molar-refractivity contribution in [2.24, 2.45) is 0 Å². The van der Waals surface area contributed by atoms with Gasteiger partial charge in [0.25, 0.3) is 0 Å². The predicted octanol–water partition coefficient (Wildman–Crippen LogP) is 11.9. The Kier molecular flexibility index (Phi) is 10.6. The summed E-state index contributed by atoms with van der Waals surface area (Å²) in [5.41, 5.74) is 8.12. The van der Waals surface area contributed by atoms with E-state index in [2.05, 4.69) is 100 Å². The molecule has 0 aliphatic heterocycles. The molecule has 245 valence electrons. The Balaban J connectivity index is 0.000000241. The van der Waals surface area contributed by atoms with Crippen LogP contribution >= 0.6 is 11.3 Å². The Bertz CT molecular complexity index is 2220. The molecule has 3 aromatic heterocycles. The van der Waals surface area contributed by atoms with Crippen molar-refractivity contribution in [1.82, 2.24) is 9.97 Å². The van der Waals surface area contributed by atoms with E-state index in [-0.39, 0.29) is 20.1 Å². The van der Waals surface area contributed by atoms with Crippen molar-refractivity contribution >= 4 is 49.2 Å². The van der Waals surface area contributed by atoms with E-state index in [0.29, 0.717) is 0 Å². The van der Waals surface area contributed by atoms with Crippen molar-refractivity contribution in [2.75, 3.05) is 0 Å². The molecule has 4 aromatic carbocycles. The largest absolute Gasteiger partial charge is 0 e. The van der Waals surface area contributed by atoms with E-state index in [1.807, 2.05) is 76.4 Å². The van der Waals surface area contributed by atoms with Gasteiger partial charge in [0.05, 0.1) is 0 Å². The van der Waals surface area contributed by atoms with Gasteiger partial charge < -0.3 is 4.98 Å². The molecular formula is C43H42GeIrN2S-2. The molecule has 0 fully saturated rings. The number of benzene rings is 4. The molecule has 0 spiro atoms. The van der Waals surface area contributed by atoms with Crippen LogP contribution in [0.3, 0.4) is 0 Å². The molecule has 0 aliphatic carbocycles. The third kappa shape index (κ3) is 7.90. The maximum atomic E-state index is 8.49. The average molecular weight is 886 g/mol. The Hall–Kier alpha value is -3.41. The first kappa shape index (κ1) is 33.1. The van der Waals surface area contributed by atoms with E-state index in [1.165, 1.54) is 15.2 Å². The molecule has 7 aromatic rings. The molecule has 1 radical (unpaired) electrons. The van der Waals surface area contributed by atoms with Crippen LogP contribution in [0.1, 0.15) is 53.4 Å². The van der Waals surface area contributed by atoms with Gasteiger partial charge in [0.15, 0.2) is 0 Å². The maximum Gasteiger partial charge on any atom is 0 e. The molecular weight excluding hydrogens is 841 g/mol. The van der Waals surface area contributed by atoms with E-state index < -0.39 is 25.1 Å². The number of pyridine rings is 2. The Morgan fingerprint density at radius 1 is 0.750 bits per heavy atom. The molecule has 0 unspecified atom stereocenters. The minimum atomic E-state index is -1.72. The van der Waals surface area contributed by atoms with Crippen molar-refractivity contribution in [1.29, 1.82) is 0 Å². The Morgan fingerprint density at radius 3 is 2.12 bits per heavy atom. The predicted molar refractivity (Wildman–Crippen MR) is 207 cm³/mol. The third-order valence-corrected chi connectivity index (χ3v) is 13.8. The van der Waals surface area contributed by atoms with Crippen molar-refractivity contribution in [3.8, 4) is 33.6 Å². The second-order valence-corrected chi connectivity index (χ2v) is 25.1. The fourth-order valence-electron chi connectivity index (χ4n) is 5.60. The zero-order chi connectivity index (χ0) is 35.0. The molecule has 48 heavy (non-hydrogen) atoms. The number of rotatable bonds is 6. The summed E-state index contributed by atoms with van der Waals surface area (Å²) in [6, 6.07) is 41.8. The van der Waals surface area contributed by atoms with Crippen molar-refractivity contribution in [3.05, 3.63) is 139 Å². The Morgan fingerprint density at radius 2 is 1.48 bits per heavy atom. The van der Waals surface area contributed by atoms with E-state index in [0.717, 1.165) is 54.2 Å². The van der Waals surface area contributed by atoms with Gasteiger partial charge in [-0.05, 0) is 45.3 Å². The zero-order valence-electron chi connectivity index (χ0n) is 30.6. The third-order valence-electron chi connectivity index (χ3n) is 8.42. The fraction of sp³-hybridized carbons (Fsp3) is 0.209. The van der Waals surface area contributed by atoms with Gasteiger partial charge in [-0.2, -0.15) is 11.3 Å². The van der Waals surface area contributed by atoms with Crippen LogP contribution in [-0.4, -0.2) is 23.2 Å². The van der Waals surface area contributed by atoms with E-state index in [9.17, 15) is 0 Å². The molecule has 0 saturated carbocycles. The summed E-state index contributed by atoms with van der Waals surface area (Å²) in [6.45, 7) is 7.64. The Labute approximate surface area is 309 Å². The molecule has 5 heteroatoms. The zero-order valence-corrected chi connectivity index (χ0v) is 33.9. The van der Waals surface area contributed by atoms with Crippen molar-refractivity contribution < 1.29 is 22.8 Å². The summed E-state index contributed by atoms with van der Waals surface area (Å²) >= 11 is 0.0182. The second-order valence-electron chi connectivity index (χ2n) is 13.3. The molecule has 0 aliphatic rings. The maximum absolute atomic E-state index is 8.49. The van der Waals surface area contributed by atoms with Gasteiger partial charge in [-0.25, -0.2) is 0 Å². The van der Waals surface area contributed by atoms with Crippen LogP contribution in [0.25, 0.3) is 53.8 Å². The summed E-state index contributed by atoms with van der Waals surface area (Å²) in [6.07, 6.45) is 3.83. The number of thiophene rings is 1. The number of hydrogen-bond acceptors (Lipinski definition) is 3. The van der Waals surface area contributed by atoms with Gasteiger partial charge in [0, 0.05) is 33.7 Å². The van der Waals surface area contributed by atoms with Crippen LogP contribution in [-0.2, 0) is 20.1 Å². The summed E-state index contributed by atoms with van der Waals surface area (Å²) < 4.78 is 20.7. The van der Waals surface area contributed by atoms with E-state index in [1.54, 1.807) is 17.5 Å². The van der Waals surface area contributed by atoms with Crippen molar-refractivity contribution in [2.45, 2.75) is 56.8 Å². The molecule has 3 heterocycles. The SMILES string of the molecule is [2H]C(C)(C)c1ccnc(-c2[c-]cc(-c3ccccc3)c3c2sc2cc(C([2H])(C)C)ccc23)c1.[CH3][Ge]([CH3])([CH3])[c]1ccc(-c2[c-]cccc2)nc1.[Ir]. The van der Waals surface area contributed by atoms with Gasteiger partial charge in [-0.3, -0.25) is 0 Å². The van der Waals surface area contributed by atoms with Crippen LogP contribution in [0.2, 0.25) is 17.3 Å². The molecule has 0 N–H and O–H groups in total. The monoisotopic (exact) mass is 887 g/mol. The van der Waals surface area contributed by atoms with Crippen LogP contribution in [0.15, 0.2) is 116 Å². The van der Waals surface area contributed by atoms with Gasteiger partial charge in [0.2, 0.25) is 0 Å². The number of fused-ring (bicyclic) bond motifs is 3. The summed E-state index contributed by atoms with van der Waals surface area (Å²) in [5.74, 6) is 5.79. The first-order chi connectivity index (χ1) is 23.2. The number of aromatic nitrogens is 2. The molecule has 0 atom stereocenters. The van der Waals surface area contributed by atoms with E-state index >= 15 is 0 Å². The van der Waals surface area contributed by atoms with Crippen LogP contribution < -0.4 is 4.40 Å². The molecule has 7 rings (SSSR count). The van der Waals surface area contributed by atoms with Gasteiger partial charge in [0.1, 0.15) is 0 Å². The van der Waals surface area contributed by atoms with Crippen molar-refractivity contribution in [3.63, 3.8) is 0 Å². The first-order valence-electron chi connectivity index (χ1n) is 17.1. The first-order valence-corrected chi connectivity index (χ1v) is 24.2. The molecule has 0 amide bonds. The van der Waals surface area contributed by atoms with Crippen LogP contribution in [0.5, 0.6) is 0 Å². The fourth-order valence-corrected chi connectivity index (χ4v) is 9.04. The normalized spacial score (nSPS) is 12.5. The number of hydrogen-bond donors (Lipinski definition) is 0. The molecule has 0 bridgehead atoms. The quantitative estimate of drug-likeness (QED) is 0.123. The van der Waals surface area contributed by atoms with Gasteiger partial charge in [-0.1, -0.05) is 98.3 Å². The van der Waals surface area contributed by atoms with Crippen LogP contribution in [0.4, 0.5) is 0 Å². The van der Waals surface area contributed by atoms with Gasteiger partial charge in [-0.15, -0.1) is 17.7 Å². The average Bonchev–Trinajstić information content (AvgIpc) is 3.47. The topological polar surface area (TPSA) is 25.8 Å². The van der Waals surface area contributed by atoms with E-state index in [4.69, 9.17) is 2.74 Å². The summed E-state index contributed by atoms with van der Waals surface area (Å²) in [7, 11) is 0. The minimum absolute atomic E-state index is 0. The summed E-state index contributed by atoms with van der Waals surface area (Å²) in [5, 5.41) is 2.38.